The lowest BCUT2D eigenvalue weighted by Crippen LogP contribution is -2.23. The second-order valence-corrected chi connectivity index (χ2v) is 8.51. The van der Waals surface area contributed by atoms with Crippen LogP contribution in [-0.4, -0.2) is 66.0 Å². The van der Waals surface area contributed by atoms with Crippen molar-refractivity contribution >= 4 is 33.6 Å². The monoisotopic (exact) mass is 450 g/mol. The molecule has 0 saturated carbocycles. The lowest BCUT2D eigenvalue weighted by Gasteiger charge is -2.15. The molecule has 2 aromatic carbocycles. The van der Waals surface area contributed by atoms with Crippen molar-refractivity contribution < 1.29 is 37.0 Å². The molecule has 2 rings (SSSR count). The van der Waals surface area contributed by atoms with E-state index in [2.05, 4.69) is 14.8 Å². The molecule has 11 heteroatoms. The van der Waals surface area contributed by atoms with Crippen LogP contribution in [0.4, 0.5) is 5.69 Å². The largest absolute Gasteiger partial charge is 0.495 e. The van der Waals surface area contributed by atoms with Gasteiger partial charge >= 0.3 is 11.9 Å². The molecular weight excluding hydrogens is 428 g/mol. The molecule has 1 amide bonds. The van der Waals surface area contributed by atoms with E-state index >= 15 is 0 Å². The lowest BCUT2D eigenvalue weighted by molar-refractivity contribution is 0.0598. The molecule has 166 valence electrons. The van der Waals surface area contributed by atoms with Crippen LogP contribution >= 0.6 is 0 Å². The molecule has 0 fully saturated rings. The molecular formula is C20H22N2O8S. The van der Waals surface area contributed by atoms with E-state index in [1.165, 1.54) is 71.8 Å². The van der Waals surface area contributed by atoms with Crippen molar-refractivity contribution in [3.05, 3.63) is 53.1 Å². The van der Waals surface area contributed by atoms with Crippen molar-refractivity contribution in [3.8, 4) is 5.75 Å². The van der Waals surface area contributed by atoms with Crippen molar-refractivity contribution in [2.24, 2.45) is 0 Å². The fourth-order valence-electron chi connectivity index (χ4n) is 2.59. The second-order valence-electron chi connectivity index (χ2n) is 6.39. The topological polar surface area (TPSA) is 128 Å². The van der Waals surface area contributed by atoms with Crippen molar-refractivity contribution in [2.75, 3.05) is 40.7 Å². The number of rotatable bonds is 7. The van der Waals surface area contributed by atoms with E-state index in [9.17, 15) is 22.8 Å². The van der Waals surface area contributed by atoms with Gasteiger partial charge in [-0.15, -0.1) is 0 Å². The number of hydrogen-bond acceptors (Lipinski definition) is 8. The molecule has 0 saturated heterocycles. The number of esters is 2. The van der Waals surface area contributed by atoms with Gasteiger partial charge in [-0.25, -0.2) is 22.3 Å². The van der Waals surface area contributed by atoms with Crippen LogP contribution in [0.2, 0.25) is 0 Å². The third kappa shape index (κ3) is 5.19. The summed E-state index contributed by atoms with van der Waals surface area (Å²) in [6.07, 6.45) is 0. The summed E-state index contributed by atoms with van der Waals surface area (Å²) in [6.45, 7) is 0. The Labute approximate surface area is 179 Å². The number of carbonyl (C=O) groups is 3. The molecule has 0 aromatic heterocycles. The van der Waals surface area contributed by atoms with Gasteiger partial charge in [0.05, 0.1) is 32.5 Å². The first-order chi connectivity index (χ1) is 14.5. The standard InChI is InChI=1S/C20H22N2O8S/c1-22(2)31(26,27)17-11-12(6-7-16(17)28-3)18(23)21-15-9-13(19(24)29-4)8-14(10-15)20(25)30-5/h6-11H,1-5H3,(H,21,23). The molecule has 0 radical (unpaired) electrons. The number of sulfonamides is 1. The van der Waals surface area contributed by atoms with Crippen molar-refractivity contribution in [3.63, 3.8) is 0 Å². The van der Waals surface area contributed by atoms with Gasteiger partial charge in [-0.05, 0) is 36.4 Å². The average molecular weight is 450 g/mol. The van der Waals surface area contributed by atoms with Gasteiger partial charge in [0.15, 0.2) is 0 Å². The third-order valence-corrected chi connectivity index (χ3v) is 6.05. The molecule has 1 N–H and O–H groups in total. The number of hydrogen-bond donors (Lipinski definition) is 1. The number of carbonyl (C=O) groups excluding carboxylic acids is 3. The van der Waals surface area contributed by atoms with Crippen molar-refractivity contribution in [1.82, 2.24) is 4.31 Å². The Hall–Kier alpha value is -3.44. The minimum atomic E-state index is -3.89. The number of nitrogens with one attached hydrogen (secondary N) is 1. The molecule has 0 bridgehead atoms. The summed E-state index contributed by atoms with van der Waals surface area (Å²) in [5.74, 6) is -2.03. The van der Waals surface area contributed by atoms with Gasteiger partial charge < -0.3 is 19.5 Å². The molecule has 0 unspecified atom stereocenters. The zero-order valence-corrected chi connectivity index (χ0v) is 18.4. The highest BCUT2D eigenvalue weighted by molar-refractivity contribution is 7.89. The predicted molar refractivity (Wildman–Crippen MR) is 111 cm³/mol. The maximum atomic E-state index is 12.8. The molecule has 10 nitrogen and oxygen atoms in total. The van der Waals surface area contributed by atoms with Crippen molar-refractivity contribution in [1.29, 1.82) is 0 Å². The highest BCUT2D eigenvalue weighted by atomic mass is 32.2. The predicted octanol–water partition coefficient (Wildman–Crippen LogP) is 1.77. The number of anilines is 1. The molecule has 31 heavy (non-hydrogen) atoms. The van der Waals surface area contributed by atoms with E-state index < -0.39 is 27.9 Å². The highest BCUT2D eigenvalue weighted by Crippen LogP contribution is 2.27. The Morgan fingerprint density at radius 2 is 1.39 bits per heavy atom. The fourth-order valence-corrected chi connectivity index (χ4v) is 3.67. The maximum Gasteiger partial charge on any atom is 0.337 e. The summed E-state index contributed by atoms with van der Waals surface area (Å²) in [5.41, 5.74) is 0.169. The summed E-state index contributed by atoms with van der Waals surface area (Å²) in [4.78, 5) is 36.4. The van der Waals surface area contributed by atoms with Gasteiger partial charge in [-0.2, -0.15) is 0 Å². The quantitative estimate of drug-likeness (QED) is 0.632. The summed E-state index contributed by atoms with van der Waals surface area (Å²) in [5, 5.41) is 2.54. The Morgan fingerprint density at radius 1 is 0.839 bits per heavy atom. The first-order valence-corrected chi connectivity index (χ1v) is 10.2. The number of benzene rings is 2. The third-order valence-electron chi connectivity index (χ3n) is 4.22. The molecule has 2 aromatic rings. The van der Waals surface area contributed by atoms with Crippen LogP contribution in [0.25, 0.3) is 0 Å². The SMILES string of the molecule is COC(=O)c1cc(NC(=O)c2ccc(OC)c(S(=O)(=O)N(C)C)c2)cc(C(=O)OC)c1. The molecule has 0 aliphatic rings. The van der Waals surface area contributed by atoms with Crippen LogP contribution in [0.1, 0.15) is 31.1 Å². The van der Waals surface area contributed by atoms with Crippen LogP contribution in [-0.2, 0) is 19.5 Å². The van der Waals surface area contributed by atoms with Gasteiger partial charge in [0.25, 0.3) is 5.91 Å². The van der Waals surface area contributed by atoms with E-state index in [4.69, 9.17) is 4.74 Å². The summed E-state index contributed by atoms with van der Waals surface area (Å²) in [6, 6.07) is 7.82. The van der Waals surface area contributed by atoms with Gasteiger partial charge in [0.2, 0.25) is 10.0 Å². The minimum Gasteiger partial charge on any atom is -0.495 e. The summed E-state index contributed by atoms with van der Waals surface area (Å²) in [7, 11) is 2.49. The van der Waals surface area contributed by atoms with Gasteiger partial charge in [-0.3, -0.25) is 4.79 Å². The fraction of sp³-hybridized carbons (Fsp3) is 0.250. The second kappa shape index (κ2) is 9.58. The van der Waals surface area contributed by atoms with E-state index in [1.54, 1.807) is 0 Å². The van der Waals surface area contributed by atoms with E-state index in [1.807, 2.05) is 0 Å². The summed E-state index contributed by atoms with van der Waals surface area (Å²) >= 11 is 0. The van der Waals surface area contributed by atoms with Crippen molar-refractivity contribution in [2.45, 2.75) is 4.90 Å². The molecule has 0 heterocycles. The summed E-state index contributed by atoms with van der Waals surface area (Å²) < 4.78 is 40.5. The smallest absolute Gasteiger partial charge is 0.337 e. The average Bonchev–Trinajstić information content (AvgIpc) is 2.76. The first-order valence-electron chi connectivity index (χ1n) is 8.78. The number of ether oxygens (including phenoxy) is 3. The van der Waals surface area contributed by atoms with Gasteiger partial charge in [0, 0.05) is 25.3 Å². The van der Waals surface area contributed by atoms with Crippen LogP contribution in [0.3, 0.4) is 0 Å². The Kier molecular flexibility index (Phi) is 7.37. The molecule has 0 spiro atoms. The number of methoxy groups -OCH3 is 3. The maximum absolute atomic E-state index is 12.8. The Morgan fingerprint density at radius 3 is 1.84 bits per heavy atom. The van der Waals surface area contributed by atoms with Crippen LogP contribution in [0.15, 0.2) is 41.3 Å². The lowest BCUT2D eigenvalue weighted by atomic mass is 10.1. The molecule has 0 atom stereocenters. The van der Waals surface area contributed by atoms with E-state index in [0.29, 0.717) is 0 Å². The van der Waals surface area contributed by atoms with Gasteiger partial charge in [-0.1, -0.05) is 0 Å². The van der Waals surface area contributed by atoms with E-state index in [0.717, 1.165) is 4.31 Å². The first kappa shape index (κ1) is 23.8. The van der Waals surface area contributed by atoms with Gasteiger partial charge in [0.1, 0.15) is 10.6 Å². The van der Waals surface area contributed by atoms with E-state index in [-0.39, 0.29) is 33.0 Å². The number of amides is 1. The Bertz CT molecular complexity index is 1090. The highest BCUT2D eigenvalue weighted by Gasteiger charge is 2.24. The Balaban J connectivity index is 2.48. The molecule has 0 aliphatic heterocycles. The van der Waals surface area contributed by atoms with Crippen LogP contribution in [0, 0.1) is 0 Å². The zero-order chi connectivity index (χ0) is 23.3. The normalized spacial score (nSPS) is 11.0. The molecule has 0 aliphatic carbocycles. The van der Waals surface area contributed by atoms with Crippen LogP contribution < -0.4 is 10.1 Å². The minimum absolute atomic E-state index is 0.0179. The number of nitrogens with zero attached hydrogens (tertiary/aromatic N) is 1. The van der Waals surface area contributed by atoms with Crippen LogP contribution in [0.5, 0.6) is 5.75 Å². The zero-order valence-electron chi connectivity index (χ0n) is 17.6.